The van der Waals surface area contributed by atoms with Crippen LogP contribution in [0.1, 0.15) is 55.9 Å². The second kappa shape index (κ2) is 10.1. The highest BCUT2D eigenvalue weighted by Crippen LogP contribution is 2.21. The molecule has 0 spiro atoms. The molecule has 4 rings (SSSR count). The number of nitrogens with one attached hydrogen (secondary N) is 1. The van der Waals surface area contributed by atoms with Gasteiger partial charge < -0.3 is 19.5 Å². The van der Waals surface area contributed by atoms with Crippen LogP contribution in [0, 0.1) is 0 Å². The molecule has 1 saturated heterocycles. The molecule has 0 radical (unpaired) electrons. The first-order valence-corrected chi connectivity index (χ1v) is 11.3. The zero-order valence-corrected chi connectivity index (χ0v) is 18.3. The van der Waals surface area contributed by atoms with Gasteiger partial charge in [0.25, 0.3) is 0 Å². The lowest BCUT2D eigenvalue weighted by Gasteiger charge is -2.34. The van der Waals surface area contributed by atoms with Gasteiger partial charge in [0.05, 0.1) is 19.3 Å². The Balaban J connectivity index is 1.34. The Morgan fingerprint density at radius 1 is 1.27 bits per heavy atom. The van der Waals surface area contributed by atoms with Gasteiger partial charge in [-0.05, 0) is 26.2 Å². The van der Waals surface area contributed by atoms with E-state index in [1.807, 2.05) is 24.1 Å². The van der Waals surface area contributed by atoms with E-state index in [2.05, 4.69) is 37.0 Å². The molecule has 0 aromatic carbocycles. The van der Waals surface area contributed by atoms with Crippen molar-refractivity contribution in [1.29, 1.82) is 0 Å². The Hall–Kier alpha value is -2.42. The van der Waals surface area contributed by atoms with Gasteiger partial charge in [-0.25, -0.2) is 0 Å². The predicted octanol–water partition coefficient (Wildman–Crippen LogP) is 1.71. The van der Waals surface area contributed by atoms with Gasteiger partial charge in [0.2, 0.25) is 0 Å². The van der Waals surface area contributed by atoms with Crippen LogP contribution in [-0.4, -0.2) is 68.2 Å². The number of morpholine rings is 1. The van der Waals surface area contributed by atoms with Gasteiger partial charge in [-0.1, -0.05) is 6.42 Å². The van der Waals surface area contributed by atoms with Crippen molar-refractivity contribution < 1.29 is 4.74 Å². The lowest BCUT2D eigenvalue weighted by atomic mass is 10.1. The van der Waals surface area contributed by atoms with Gasteiger partial charge in [0.1, 0.15) is 17.8 Å². The molecule has 1 unspecified atom stereocenters. The summed E-state index contributed by atoms with van der Waals surface area (Å²) in [4.78, 5) is 7.20. The first-order chi connectivity index (χ1) is 14.7. The Bertz CT molecular complexity index is 842. The Kier molecular flexibility index (Phi) is 6.99. The van der Waals surface area contributed by atoms with Crippen molar-refractivity contribution in [1.82, 2.24) is 34.8 Å². The molecule has 2 aliphatic rings. The second-order valence-electron chi connectivity index (χ2n) is 8.09. The van der Waals surface area contributed by atoms with Gasteiger partial charge in [0.15, 0.2) is 5.96 Å². The number of aliphatic imine (C=N–C) groups is 1. The third kappa shape index (κ3) is 5.00. The fourth-order valence-corrected chi connectivity index (χ4v) is 4.23. The smallest absolute Gasteiger partial charge is 0.194 e. The highest BCUT2D eigenvalue weighted by molar-refractivity contribution is 5.80. The summed E-state index contributed by atoms with van der Waals surface area (Å²) in [5.74, 6) is 3.25. The third-order valence-corrected chi connectivity index (χ3v) is 5.80. The fourth-order valence-electron chi connectivity index (χ4n) is 4.23. The standard InChI is InChI=1S/C21H34N8O/c1-3-22-21(28-12-13-30-18(16-28)17-14-24-27(2)15-17)23-10-7-9-20-26-25-19-8-5-4-6-11-29(19)20/h14-15,18H,3-13,16H2,1-2H3,(H,22,23). The molecule has 2 aromatic heterocycles. The normalized spacial score (nSPS) is 20.1. The molecule has 1 fully saturated rings. The summed E-state index contributed by atoms with van der Waals surface area (Å²) in [7, 11) is 1.93. The Morgan fingerprint density at radius 2 is 2.20 bits per heavy atom. The molecule has 0 bridgehead atoms. The van der Waals surface area contributed by atoms with Crippen LogP contribution >= 0.6 is 0 Å². The molecule has 9 nitrogen and oxygen atoms in total. The summed E-state index contributed by atoms with van der Waals surface area (Å²) in [6, 6.07) is 0. The number of aryl methyl sites for hydroxylation is 3. The number of nitrogens with zero attached hydrogens (tertiary/aromatic N) is 7. The number of fused-ring (bicyclic) bond motifs is 1. The van der Waals surface area contributed by atoms with Crippen molar-refractivity contribution in [2.45, 2.75) is 58.1 Å². The van der Waals surface area contributed by atoms with Crippen LogP contribution < -0.4 is 5.32 Å². The maximum atomic E-state index is 5.98. The van der Waals surface area contributed by atoms with Crippen LogP contribution in [0.2, 0.25) is 0 Å². The largest absolute Gasteiger partial charge is 0.370 e. The number of ether oxygens (including phenoxy) is 1. The molecule has 1 N–H and O–H groups in total. The number of hydrogen-bond acceptors (Lipinski definition) is 5. The van der Waals surface area contributed by atoms with Crippen molar-refractivity contribution in [2.75, 3.05) is 32.8 Å². The van der Waals surface area contributed by atoms with Gasteiger partial charge in [-0.15, -0.1) is 10.2 Å². The zero-order valence-electron chi connectivity index (χ0n) is 18.3. The number of rotatable bonds is 6. The fraction of sp³-hybridized carbons (Fsp3) is 0.714. The maximum Gasteiger partial charge on any atom is 0.194 e. The Labute approximate surface area is 178 Å². The van der Waals surface area contributed by atoms with E-state index in [4.69, 9.17) is 9.73 Å². The molecular formula is C21H34N8O. The maximum absolute atomic E-state index is 5.98. The van der Waals surface area contributed by atoms with Crippen LogP contribution in [0.25, 0.3) is 0 Å². The van der Waals surface area contributed by atoms with E-state index >= 15 is 0 Å². The van der Waals surface area contributed by atoms with Gasteiger partial charge in [0, 0.05) is 57.8 Å². The van der Waals surface area contributed by atoms with Gasteiger partial charge >= 0.3 is 0 Å². The van der Waals surface area contributed by atoms with Crippen molar-refractivity contribution in [3.63, 3.8) is 0 Å². The summed E-state index contributed by atoms with van der Waals surface area (Å²) in [5.41, 5.74) is 1.12. The SMILES string of the molecule is CCNC(=NCCCc1nnc2n1CCCCC2)N1CCOC(c2cnn(C)c2)C1. The van der Waals surface area contributed by atoms with Crippen molar-refractivity contribution in [3.8, 4) is 0 Å². The molecule has 0 saturated carbocycles. The Morgan fingerprint density at radius 3 is 3.03 bits per heavy atom. The van der Waals surface area contributed by atoms with E-state index < -0.39 is 0 Å². The minimum Gasteiger partial charge on any atom is -0.370 e. The lowest BCUT2D eigenvalue weighted by molar-refractivity contribution is -0.00804. The summed E-state index contributed by atoms with van der Waals surface area (Å²) < 4.78 is 10.1. The summed E-state index contributed by atoms with van der Waals surface area (Å²) in [6.07, 6.45) is 10.7. The summed E-state index contributed by atoms with van der Waals surface area (Å²) in [5, 5.41) is 16.6. The van der Waals surface area contributed by atoms with Crippen LogP contribution in [0.3, 0.4) is 0 Å². The zero-order chi connectivity index (χ0) is 20.8. The molecule has 4 heterocycles. The first kappa shape index (κ1) is 20.8. The monoisotopic (exact) mass is 414 g/mol. The average molecular weight is 415 g/mol. The van der Waals surface area contributed by atoms with Crippen LogP contribution in [0.5, 0.6) is 0 Å². The molecule has 164 valence electrons. The topological polar surface area (TPSA) is 85.4 Å². The van der Waals surface area contributed by atoms with E-state index in [-0.39, 0.29) is 6.10 Å². The molecule has 0 amide bonds. The van der Waals surface area contributed by atoms with Crippen LogP contribution in [0.15, 0.2) is 17.4 Å². The lowest BCUT2D eigenvalue weighted by Crippen LogP contribution is -2.48. The molecule has 0 aliphatic carbocycles. The molecule has 2 aromatic rings. The van der Waals surface area contributed by atoms with Crippen LogP contribution in [0.4, 0.5) is 0 Å². The molecule has 9 heteroatoms. The van der Waals surface area contributed by atoms with Gasteiger partial charge in [-0.2, -0.15) is 5.10 Å². The first-order valence-electron chi connectivity index (χ1n) is 11.3. The summed E-state index contributed by atoms with van der Waals surface area (Å²) >= 11 is 0. The van der Waals surface area contributed by atoms with Gasteiger partial charge in [-0.3, -0.25) is 9.67 Å². The average Bonchev–Trinajstić information content (AvgIpc) is 3.29. The predicted molar refractivity (Wildman–Crippen MR) is 115 cm³/mol. The number of guanidine groups is 1. The van der Waals surface area contributed by atoms with Crippen molar-refractivity contribution >= 4 is 5.96 Å². The van der Waals surface area contributed by atoms with E-state index in [0.29, 0.717) is 6.61 Å². The number of hydrogen-bond donors (Lipinski definition) is 1. The second-order valence-corrected chi connectivity index (χ2v) is 8.09. The quantitative estimate of drug-likeness (QED) is 0.440. The summed E-state index contributed by atoms with van der Waals surface area (Å²) in [6.45, 7) is 7.13. The van der Waals surface area contributed by atoms with E-state index in [0.717, 1.165) is 75.2 Å². The highest BCUT2D eigenvalue weighted by Gasteiger charge is 2.25. The minimum atomic E-state index is 0.0303. The van der Waals surface area contributed by atoms with E-state index in [1.165, 1.54) is 19.3 Å². The van der Waals surface area contributed by atoms with E-state index in [9.17, 15) is 0 Å². The molecule has 1 atom stereocenters. The molecule has 30 heavy (non-hydrogen) atoms. The number of aromatic nitrogens is 5. The molecule has 2 aliphatic heterocycles. The third-order valence-electron chi connectivity index (χ3n) is 5.80. The minimum absolute atomic E-state index is 0.0303. The molecular weight excluding hydrogens is 380 g/mol. The van der Waals surface area contributed by atoms with Crippen molar-refractivity contribution in [2.24, 2.45) is 12.0 Å². The van der Waals surface area contributed by atoms with Crippen LogP contribution in [-0.2, 0) is 31.2 Å². The van der Waals surface area contributed by atoms with Crippen molar-refractivity contribution in [3.05, 3.63) is 29.6 Å². The highest BCUT2D eigenvalue weighted by atomic mass is 16.5. The van der Waals surface area contributed by atoms with E-state index in [1.54, 1.807) is 0 Å².